The summed E-state index contributed by atoms with van der Waals surface area (Å²) >= 11 is 1.60. The Morgan fingerprint density at radius 2 is 2.04 bits per heavy atom. The summed E-state index contributed by atoms with van der Waals surface area (Å²) in [5.74, 6) is 1.14. The highest BCUT2D eigenvalue weighted by molar-refractivity contribution is 7.18. The van der Waals surface area contributed by atoms with Crippen molar-refractivity contribution in [3.8, 4) is 11.4 Å². The van der Waals surface area contributed by atoms with E-state index in [0.717, 1.165) is 26.4 Å². The number of allylic oxidation sites excluding steroid dienone is 3. The monoisotopic (exact) mass is 320 g/mol. The Morgan fingerprint density at radius 1 is 1.26 bits per heavy atom. The molecule has 0 saturated carbocycles. The first-order valence-electron chi connectivity index (χ1n) is 7.11. The number of nitrogens with two attached hydrogens (primary N) is 1. The third kappa shape index (κ3) is 3.19. The van der Waals surface area contributed by atoms with Gasteiger partial charge in [-0.2, -0.15) is 0 Å². The maximum absolute atomic E-state index is 6.12. The molecule has 0 radical (unpaired) electrons. The molecular weight excluding hydrogens is 304 g/mol. The van der Waals surface area contributed by atoms with Crippen LogP contribution < -0.4 is 5.73 Å². The van der Waals surface area contributed by atoms with E-state index in [-0.39, 0.29) is 0 Å². The van der Waals surface area contributed by atoms with Crippen molar-refractivity contribution in [2.45, 2.75) is 6.42 Å². The van der Waals surface area contributed by atoms with Crippen LogP contribution >= 0.6 is 11.3 Å². The molecule has 0 unspecified atom stereocenters. The Kier molecular flexibility index (Phi) is 4.30. The Labute approximate surface area is 138 Å². The zero-order valence-electron chi connectivity index (χ0n) is 12.6. The second-order valence-electron chi connectivity index (χ2n) is 4.96. The average Bonchev–Trinajstić information content (AvgIpc) is 2.98. The highest BCUT2D eigenvalue weighted by atomic mass is 32.1. The molecule has 0 aliphatic rings. The summed E-state index contributed by atoms with van der Waals surface area (Å²) in [6.07, 6.45) is 4.23. The number of hydrogen-bond donors (Lipinski definition) is 1. The molecule has 0 saturated heterocycles. The molecule has 23 heavy (non-hydrogen) atoms. The molecule has 0 bridgehead atoms. The van der Waals surface area contributed by atoms with Crippen LogP contribution in [0.2, 0.25) is 0 Å². The molecule has 0 spiro atoms. The highest BCUT2D eigenvalue weighted by Gasteiger charge is 2.11. The maximum Gasteiger partial charge on any atom is 0.163 e. The van der Waals surface area contributed by atoms with Crippen LogP contribution in [0.25, 0.3) is 21.6 Å². The predicted molar refractivity (Wildman–Crippen MR) is 98.8 cm³/mol. The molecule has 2 N–H and O–H groups in total. The normalized spacial score (nSPS) is 11.6. The van der Waals surface area contributed by atoms with E-state index in [9.17, 15) is 0 Å². The topological polar surface area (TPSA) is 64.2 Å². The van der Waals surface area contributed by atoms with E-state index in [1.165, 1.54) is 0 Å². The van der Waals surface area contributed by atoms with Gasteiger partial charge in [0, 0.05) is 22.6 Å². The minimum absolute atomic E-state index is 0.497. The minimum atomic E-state index is 0.497. The molecule has 0 aliphatic heterocycles. The van der Waals surface area contributed by atoms with Gasteiger partial charge in [0.2, 0.25) is 0 Å². The Bertz CT molecular complexity index is 894. The van der Waals surface area contributed by atoms with Gasteiger partial charge in [0.05, 0.1) is 5.39 Å². The molecule has 114 valence electrons. The van der Waals surface area contributed by atoms with Crippen LogP contribution in [0, 0.1) is 0 Å². The maximum atomic E-state index is 6.12. The van der Waals surface area contributed by atoms with E-state index in [1.807, 2.05) is 42.5 Å². The second-order valence-corrected chi connectivity index (χ2v) is 6.07. The molecule has 3 aromatic rings. The second kappa shape index (κ2) is 6.54. The summed E-state index contributed by atoms with van der Waals surface area (Å²) in [5, 5.41) is 0.881. The van der Waals surface area contributed by atoms with Crippen molar-refractivity contribution in [3.05, 3.63) is 65.7 Å². The number of nitrogens with zero attached hydrogens (tertiary/aromatic N) is 3. The molecule has 5 heteroatoms. The van der Waals surface area contributed by atoms with Crippen molar-refractivity contribution in [2.75, 3.05) is 5.73 Å². The summed E-state index contributed by atoms with van der Waals surface area (Å²) in [6, 6.07) is 11.8. The fourth-order valence-corrected chi connectivity index (χ4v) is 3.33. The van der Waals surface area contributed by atoms with Crippen molar-refractivity contribution in [1.29, 1.82) is 0 Å². The van der Waals surface area contributed by atoms with Gasteiger partial charge in [-0.1, -0.05) is 43.0 Å². The molecule has 4 nitrogen and oxygen atoms in total. The lowest BCUT2D eigenvalue weighted by molar-refractivity contribution is 1.15. The molecule has 3 rings (SSSR count). The lowest BCUT2D eigenvalue weighted by atomic mass is 10.2. The van der Waals surface area contributed by atoms with Gasteiger partial charge in [0.25, 0.3) is 0 Å². The SMILES string of the molecule is C=C/C=C(/Cc1cc2c(N)nc(-c3ccccc3)nc2s1)N=C. The van der Waals surface area contributed by atoms with Crippen LogP contribution in [0.4, 0.5) is 5.82 Å². The molecule has 0 amide bonds. The van der Waals surface area contributed by atoms with Crippen LogP contribution in [-0.4, -0.2) is 16.7 Å². The van der Waals surface area contributed by atoms with E-state index >= 15 is 0 Å². The molecule has 1 aromatic carbocycles. The van der Waals surface area contributed by atoms with Crippen LogP contribution in [-0.2, 0) is 6.42 Å². The van der Waals surface area contributed by atoms with Gasteiger partial charge < -0.3 is 5.73 Å². The first-order valence-corrected chi connectivity index (χ1v) is 7.92. The van der Waals surface area contributed by atoms with Crippen molar-refractivity contribution < 1.29 is 0 Å². The van der Waals surface area contributed by atoms with E-state index in [0.29, 0.717) is 18.1 Å². The van der Waals surface area contributed by atoms with Crippen LogP contribution in [0.15, 0.2) is 65.8 Å². The van der Waals surface area contributed by atoms with Crippen LogP contribution in [0.3, 0.4) is 0 Å². The molecular formula is C18H16N4S. The van der Waals surface area contributed by atoms with Crippen molar-refractivity contribution in [2.24, 2.45) is 4.99 Å². The first-order chi connectivity index (χ1) is 11.2. The van der Waals surface area contributed by atoms with Gasteiger partial charge in [-0.05, 0) is 18.9 Å². The third-order valence-corrected chi connectivity index (χ3v) is 4.40. The van der Waals surface area contributed by atoms with Crippen molar-refractivity contribution in [3.63, 3.8) is 0 Å². The largest absolute Gasteiger partial charge is 0.383 e. The summed E-state index contributed by atoms with van der Waals surface area (Å²) < 4.78 is 0. The van der Waals surface area contributed by atoms with Gasteiger partial charge in [-0.25, -0.2) is 9.97 Å². The number of thiophene rings is 1. The zero-order valence-corrected chi connectivity index (χ0v) is 13.4. The number of aliphatic imine (C=N–C) groups is 1. The average molecular weight is 320 g/mol. The van der Waals surface area contributed by atoms with Crippen LogP contribution in [0.5, 0.6) is 0 Å². The summed E-state index contributed by atoms with van der Waals surface area (Å²) in [5.41, 5.74) is 7.94. The number of rotatable bonds is 5. The Balaban J connectivity index is 2.03. The van der Waals surface area contributed by atoms with E-state index < -0.39 is 0 Å². The van der Waals surface area contributed by atoms with Gasteiger partial charge in [-0.15, -0.1) is 11.3 Å². The lowest BCUT2D eigenvalue weighted by Gasteiger charge is -2.01. The number of hydrogen-bond acceptors (Lipinski definition) is 5. The number of anilines is 1. The van der Waals surface area contributed by atoms with E-state index in [2.05, 4.69) is 28.3 Å². The van der Waals surface area contributed by atoms with Gasteiger partial charge >= 0.3 is 0 Å². The smallest absolute Gasteiger partial charge is 0.163 e. The zero-order chi connectivity index (χ0) is 16.2. The lowest BCUT2D eigenvalue weighted by Crippen LogP contribution is -1.95. The quantitative estimate of drug-likeness (QED) is 0.564. The molecule has 2 aromatic heterocycles. The number of fused-ring (bicyclic) bond motifs is 1. The number of benzene rings is 1. The highest BCUT2D eigenvalue weighted by Crippen LogP contribution is 2.31. The van der Waals surface area contributed by atoms with E-state index in [1.54, 1.807) is 17.4 Å². The van der Waals surface area contributed by atoms with Crippen LogP contribution in [0.1, 0.15) is 4.88 Å². The summed E-state index contributed by atoms with van der Waals surface area (Å²) in [4.78, 5) is 15.1. The molecule has 0 fully saturated rings. The van der Waals surface area contributed by atoms with Crippen molar-refractivity contribution in [1.82, 2.24) is 9.97 Å². The first kappa shape index (κ1) is 15.1. The minimum Gasteiger partial charge on any atom is -0.383 e. The summed E-state index contributed by atoms with van der Waals surface area (Å²) in [6.45, 7) is 7.28. The Hall–Kier alpha value is -2.79. The van der Waals surface area contributed by atoms with Gasteiger partial charge in [0.15, 0.2) is 5.82 Å². The predicted octanol–water partition coefficient (Wildman–Crippen LogP) is 4.25. The van der Waals surface area contributed by atoms with Gasteiger partial charge in [-0.3, -0.25) is 4.99 Å². The molecule has 2 heterocycles. The fourth-order valence-electron chi connectivity index (χ4n) is 2.28. The Morgan fingerprint density at radius 3 is 2.74 bits per heavy atom. The third-order valence-electron chi connectivity index (χ3n) is 3.37. The summed E-state index contributed by atoms with van der Waals surface area (Å²) in [7, 11) is 0. The number of nitrogen functional groups attached to an aromatic ring is 1. The van der Waals surface area contributed by atoms with Crippen molar-refractivity contribution >= 4 is 34.1 Å². The standard InChI is InChI=1S/C18H16N4S/c1-3-7-13(20-2)10-14-11-15-16(19)21-17(22-18(15)23-14)12-8-5-4-6-9-12/h3-9,11H,1-2,10H2,(H2,19,21,22)/b13-7-. The van der Waals surface area contributed by atoms with Gasteiger partial charge in [0.1, 0.15) is 10.6 Å². The fraction of sp³-hybridized carbons (Fsp3) is 0.0556. The number of aromatic nitrogens is 2. The molecule has 0 aliphatic carbocycles. The molecule has 0 atom stereocenters. The van der Waals surface area contributed by atoms with E-state index in [4.69, 9.17) is 5.73 Å².